The molecule has 1 aromatic heterocycles. The zero-order valence-electron chi connectivity index (χ0n) is 11.7. The minimum absolute atomic E-state index is 0.247. The smallest absolute Gasteiger partial charge is 0.291 e. The van der Waals surface area contributed by atoms with E-state index in [1.807, 2.05) is 6.07 Å². The van der Waals surface area contributed by atoms with Gasteiger partial charge in [-0.05, 0) is 53.0 Å². The summed E-state index contributed by atoms with van der Waals surface area (Å²) in [4.78, 5) is 12.1. The number of carbonyl (C=O) groups excluding carboxylic acids is 1. The zero-order valence-corrected chi connectivity index (χ0v) is 13.3. The first-order valence-corrected chi connectivity index (χ1v) is 8.02. The maximum absolute atomic E-state index is 12.1. The van der Waals surface area contributed by atoms with E-state index in [0.717, 1.165) is 31.4 Å². The highest BCUT2D eigenvalue weighted by atomic mass is 79.9. The van der Waals surface area contributed by atoms with Crippen LogP contribution < -0.4 is 14.8 Å². The van der Waals surface area contributed by atoms with Gasteiger partial charge in [-0.3, -0.25) is 4.79 Å². The topological polar surface area (TPSA) is 60.7 Å². The fourth-order valence-electron chi connectivity index (χ4n) is 2.92. The summed E-state index contributed by atoms with van der Waals surface area (Å²) >= 11 is 3.18. The summed E-state index contributed by atoms with van der Waals surface area (Å²) in [5.41, 5.74) is 0.648. The second-order valence-corrected chi connectivity index (χ2v) is 6.32. The molecule has 0 saturated heterocycles. The van der Waals surface area contributed by atoms with Gasteiger partial charge in [0.15, 0.2) is 21.9 Å². The van der Waals surface area contributed by atoms with Crippen molar-refractivity contribution in [1.82, 2.24) is 0 Å². The quantitative estimate of drug-likeness (QED) is 0.862. The molecule has 2 heterocycles. The lowest BCUT2D eigenvalue weighted by Crippen LogP contribution is -2.34. The van der Waals surface area contributed by atoms with Gasteiger partial charge in [-0.25, -0.2) is 0 Å². The molecular weight excluding hydrogens is 350 g/mol. The molecule has 1 aliphatic carbocycles. The average Bonchev–Trinajstić information content (AvgIpc) is 3.19. The molecule has 1 spiro atoms. The summed E-state index contributed by atoms with van der Waals surface area (Å²) in [5, 5.41) is 2.79. The Kier molecular flexibility index (Phi) is 3.14. The molecule has 1 aliphatic heterocycles. The van der Waals surface area contributed by atoms with E-state index in [9.17, 15) is 4.79 Å². The molecule has 22 heavy (non-hydrogen) atoms. The number of rotatable bonds is 2. The number of fused-ring (bicyclic) bond motifs is 1. The van der Waals surface area contributed by atoms with Gasteiger partial charge in [0, 0.05) is 24.6 Å². The van der Waals surface area contributed by atoms with Crippen molar-refractivity contribution < 1.29 is 18.7 Å². The molecule has 4 rings (SSSR count). The van der Waals surface area contributed by atoms with Crippen LogP contribution in [0.4, 0.5) is 5.69 Å². The number of nitrogens with one attached hydrogen (secondary N) is 1. The third-order valence-corrected chi connectivity index (χ3v) is 4.38. The van der Waals surface area contributed by atoms with E-state index in [1.165, 1.54) is 0 Å². The van der Waals surface area contributed by atoms with Crippen LogP contribution in [0.2, 0.25) is 0 Å². The molecule has 1 aromatic carbocycles. The highest BCUT2D eigenvalue weighted by Crippen LogP contribution is 2.47. The lowest BCUT2D eigenvalue weighted by atomic mass is 10.2. The predicted octanol–water partition coefficient (Wildman–Crippen LogP) is 4.34. The van der Waals surface area contributed by atoms with Crippen molar-refractivity contribution in [2.75, 3.05) is 5.32 Å². The van der Waals surface area contributed by atoms with Crippen molar-refractivity contribution in [2.24, 2.45) is 0 Å². The lowest BCUT2D eigenvalue weighted by molar-refractivity contribution is -0.0716. The lowest BCUT2D eigenvalue weighted by Gasteiger charge is -2.21. The zero-order chi connectivity index (χ0) is 15.2. The SMILES string of the molecule is O=C(Nc1ccc2c(c1)OC1(CCCC1)O2)c1ccc(Br)o1. The minimum atomic E-state index is -0.489. The van der Waals surface area contributed by atoms with Gasteiger partial charge in [0.05, 0.1) is 0 Å². The molecule has 1 fully saturated rings. The number of ether oxygens (including phenoxy) is 2. The second-order valence-electron chi connectivity index (χ2n) is 5.54. The molecule has 0 unspecified atom stereocenters. The van der Waals surface area contributed by atoms with Crippen molar-refractivity contribution in [3.05, 3.63) is 40.8 Å². The molecule has 0 atom stereocenters. The number of anilines is 1. The molecule has 6 heteroatoms. The fraction of sp³-hybridized carbons (Fsp3) is 0.312. The van der Waals surface area contributed by atoms with Gasteiger partial charge >= 0.3 is 0 Å². The summed E-state index contributed by atoms with van der Waals surface area (Å²) in [6.45, 7) is 0. The Bertz CT molecular complexity index is 733. The van der Waals surface area contributed by atoms with Crippen molar-refractivity contribution in [1.29, 1.82) is 0 Å². The Morgan fingerprint density at radius 2 is 1.86 bits per heavy atom. The van der Waals surface area contributed by atoms with Gasteiger partial charge in [0.1, 0.15) is 0 Å². The van der Waals surface area contributed by atoms with Crippen molar-refractivity contribution in [3.63, 3.8) is 0 Å². The summed E-state index contributed by atoms with van der Waals surface area (Å²) in [6, 6.07) is 8.71. The van der Waals surface area contributed by atoms with E-state index in [4.69, 9.17) is 13.9 Å². The number of hydrogen-bond acceptors (Lipinski definition) is 4. The van der Waals surface area contributed by atoms with E-state index in [2.05, 4.69) is 21.2 Å². The summed E-state index contributed by atoms with van der Waals surface area (Å²) in [7, 11) is 0. The molecule has 114 valence electrons. The third-order valence-electron chi connectivity index (χ3n) is 3.96. The van der Waals surface area contributed by atoms with E-state index >= 15 is 0 Å². The first kappa shape index (κ1) is 13.7. The van der Waals surface area contributed by atoms with Crippen LogP contribution in [-0.4, -0.2) is 11.7 Å². The van der Waals surface area contributed by atoms with Crippen LogP contribution in [0, 0.1) is 0 Å². The summed E-state index contributed by atoms with van der Waals surface area (Å²) in [6.07, 6.45) is 4.05. The van der Waals surface area contributed by atoms with Crippen molar-refractivity contribution >= 4 is 27.5 Å². The molecule has 1 N–H and O–H groups in total. The fourth-order valence-corrected chi connectivity index (χ4v) is 3.22. The Hall–Kier alpha value is -1.95. The van der Waals surface area contributed by atoms with Gasteiger partial charge in [-0.2, -0.15) is 0 Å². The van der Waals surface area contributed by atoms with Crippen LogP contribution in [0.25, 0.3) is 0 Å². The van der Waals surface area contributed by atoms with Crippen LogP contribution in [0.3, 0.4) is 0 Å². The first-order chi connectivity index (χ1) is 10.6. The van der Waals surface area contributed by atoms with Crippen LogP contribution in [-0.2, 0) is 0 Å². The van der Waals surface area contributed by atoms with Crippen LogP contribution in [0.15, 0.2) is 39.4 Å². The van der Waals surface area contributed by atoms with Crippen LogP contribution in [0.5, 0.6) is 11.5 Å². The van der Waals surface area contributed by atoms with Crippen LogP contribution >= 0.6 is 15.9 Å². The van der Waals surface area contributed by atoms with E-state index < -0.39 is 5.79 Å². The molecule has 0 radical (unpaired) electrons. The molecule has 5 nitrogen and oxygen atoms in total. The number of furan rings is 1. The summed E-state index contributed by atoms with van der Waals surface area (Å²) < 4.78 is 17.7. The Morgan fingerprint density at radius 1 is 1.09 bits per heavy atom. The average molecular weight is 364 g/mol. The number of halogens is 1. The largest absolute Gasteiger partial charge is 0.448 e. The van der Waals surface area contributed by atoms with Crippen molar-refractivity contribution in [2.45, 2.75) is 31.5 Å². The molecule has 0 bridgehead atoms. The van der Waals surface area contributed by atoms with E-state index in [0.29, 0.717) is 16.1 Å². The number of carbonyl (C=O) groups is 1. The highest BCUT2D eigenvalue weighted by molar-refractivity contribution is 9.10. The van der Waals surface area contributed by atoms with Gasteiger partial charge < -0.3 is 19.2 Å². The second kappa shape index (κ2) is 5.05. The van der Waals surface area contributed by atoms with Gasteiger partial charge in [0.2, 0.25) is 0 Å². The van der Waals surface area contributed by atoms with Gasteiger partial charge in [-0.1, -0.05) is 0 Å². The Morgan fingerprint density at radius 3 is 2.59 bits per heavy atom. The van der Waals surface area contributed by atoms with E-state index in [-0.39, 0.29) is 11.7 Å². The maximum atomic E-state index is 12.1. The number of benzene rings is 1. The third kappa shape index (κ3) is 2.37. The molecule has 2 aliphatic rings. The Labute approximate surface area is 135 Å². The molecule has 1 saturated carbocycles. The molecule has 2 aromatic rings. The first-order valence-electron chi connectivity index (χ1n) is 7.22. The highest BCUT2D eigenvalue weighted by Gasteiger charge is 2.44. The van der Waals surface area contributed by atoms with Gasteiger partial charge in [0.25, 0.3) is 11.7 Å². The van der Waals surface area contributed by atoms with E-state index in [1.54, 1.807) is 24.3 Å². The molecular formula is C16H14BrNO4. The standard InChI is InChI=1S/C16H14BrNO4/c17-14-6-5-12(20-14)15(19)18-10-3-4-11-13(9-10)22-16(21-11)7-1-2-8-16/h3-6,9H,1-2,7-8H2,(H,18,19). The summed E-state index contributed by atoms with van der Waals surface area (Å²) in [5.74, 6) is 0.870. The van der Waals surface area contributed by atoms with Crippen LogP contribution in [0.1, 0.15) is 36.2 Å². The monoisotopic (exact) mass is 363 g/mol. The van der Waals surface area contributed by atoms with Gasteiger partial charge in [-0.15, -0.1) is 0 Å². The number of amides is 1. The minimum Gasteiger partial charge on any atom is -0.448 e. The number of hydrogen-bond donors (Lipinski definition) is 1. The maximum Gasteiger partial charge on any atom is 0.291 e. The predicted molar refractivity (Wildman–Crippen MR) is 83.3 cm³/mol. The molecule has 1 amide bonds. The normalized spacial score (nSPS) is 17.9. The Balaban J connectivity index is 1.52. The van der Waals surface area contributed by atoms with Crippen molar-refractivity contribution in [3.8, 4) is 11.5 Å².